The van der Waals surface area contributed by atoms with Crippen molar-refractivity contribution in [3.05, 3.63) is 69.7 Å². The first-order valence-electron chi connectivity index (χ1n) is 8.55. The van der Waals surface area contributed by atoms with E-state index in [2.05, 4.69) is 14.9 Å². The van der Waals surface area contributed by atoms with Crippen molar-refractivity contribution >= 4 is 45.0 Å². The molecule has 0 amide bonds. The Bertz CT molecular complexity index is 1090. The SMILES string of the molecule is CCn1c(CNS(=O)(=O)c2ccc(Cl)cc2)nnc1SCc1c(F)cccc1Cl. The van der Waals surface area contributed by atoms with Gasteiger partial charge in [-0.05, 0) is 43.3 Å². The second-order valence-corrected chi connectivity index (χ2v) is 9.46. The van der Waals surface area contributed by atoms with Crippen LogP contribution in [0.15, 0.2) is 52.5 Å². The van der Waals surface area contributed by atoms with Gasteiger partial charge in [0.25, 0.3) is 0 Å². The smallest absolute Gasteiger partial charge is 0.240 e. The lowest BCUT2D eigenvalue weighted by Gasteiger charge is -2.10. The van der Waals surface area contributed by atoms with Crippen molar-refractivity contribution < 1.29 is 12.8 Å². The van der Waals surface area contributed by atoms with Crippen molar-refractivity contribution in [2.45, 2.75) is 35.8 Å². The Morgan fingerprint density at radius 1 is 1.14 bits per heavy atom. The summed E-state index contributed by atoms with van der Waals surface area (Å²) in [5, 5.41) is 9.52. The highest BCUT2D eigenvalue weighted by Gasteiger charge is 2.18. The van der Waals surface area contributed by atoms with Crippen LogP contribution in [0.5, 0.6) is 0 Å². The average Bonchev–Trinajstić information content (AvgIpc) is 3.08. The molecule has 0 radical (unpaired) electrons. The molecule has 0 saturated carbocycles. The van der Waals surface area contributed by atoms with Crippen LogP contribution >= 0.6 is 35.0 Å². The van der Waals surface area contributed by atoms with E-state index in [9.17, 15) is 12.8 Å². The first-order valence-corrected chi connectivity index (χ1v) is 11.8. The molecule has 154 valence electrons. The molecule has 29 heavy (non-hydrogen) atoms. The van der Waals surface area contributed by atoms with Gasteiger partial charge in [-0.25, -0.2) is 17.5 Å². The minimum Gasteiger partial charge on any atom is -0.305 e. The predicted molar refractivity (Wildman–Crippen MR) is 112 cm³/mol. The molecule has 3 aromatic rings. The fraction of sp³-hybridized carbons (Fsp3) is 0.222. The number of hydrogen-bond donors (Lipinski definition) is 1. The molecule has 3 rings (SSSR count). The maximum absolute atomic E-state index is 14.0. The number of hydrogen-bond acceptors (Lipinski definition) is 5. The fourth-order valence-corrected chi connectivity index (χ4v) is 5.01. The Morgan fingerprint density at radius 3 is 2.52 bits per heavy atom. The first kappa shape index (κ1) is 22.0. The number of nitrogens with one attached hydrogen (secondary N) is 1. The third-order valence-corrected chi connectivity index (χ3v) is 7.08. The van der Waals surface area contributed by atoms with Crippen molar-refractivity contribution in [3.8, 4) is 0 Å². The second kappa shape index (κ2) is 9.44. The van der Waals surface area contributed by atoms with E-state index in [0.29, 0.717) is 33.1 Å². The van der Waals surface area contributed by atoms with Crippen LogP contribution in [0.1, 0.15) is 18.3 Å². The molecule has 0 fully saturated rings. The van der Waals surface area contributed by atoms with E-state index in [1.54, 1.807) is 16.7 Å². The van der Waals surface area contributed by atoms with Crippen LogP contribution in [0.25, 0.3) is 0 Å². The first-order chi connectivity index (χ1) is 13.8. The molecule has 0 aliphatic heterocycles. The van der Waals surface area contributed by atoms with E-state index >= 15 is 0 Å². The fourth-order valence-electron chi connectivity index (χ4n) is 2.54. The molecule has 0 unspecified atom stereocenters. The zero-order chi connectivity index (χ0) is 21.0. The Labute approximate surface area is 182 Å². The monoisotopic (exact) mass is 474 g/mol. The highest BCUT2D eigenvalue weighted by atomic mass is 35.5. The van der Waals surface area contributed by atoms with Crippen molar-refractivity contribution in [2.75, 3.05) is 0 Å². The number of rotatable bonds is 8. The van der Waals surface area contributed by atoms with Gasteiger partial charge >= 0.3 is 0 Å². The normalized spacial score (nSPS) is 11.7. The molecule has 2 aromatic carbocycles. The molecule has 0 saturated heterocycles. The van der Waals surface area contributed by atoms with Crippen LogP contribution in [-0.4, -0.2) is 23.2 Å². The van der Waals surface area contributed by atoms with Gasteiger partial charge in [0.05, 0.1) is 11.4 Å². The summed E-state index contributed by atoms with van der Waals surface area (Å²) in [6.45, 7) is 2.38. The zero-order valence-electron chi connectivity index (χ0n) is 15.3. The molecule has 0 spiro atoms. The van der Waals surface area contributed by atoms with Crippen molar-refractivity contribution in [1.29, 1.82) is 0 Å². The summed E-state index contributed by atoms with van der Waals surface area (Å²) in [6, 6.07) is 10.4. The number of benzene rings is 2. The van der Waals surface area contributed by atoms with Gasteiger partial charge in [0, 0.05) is 27.9 Å². The van der Waals surface area contributed by atoms with Crippen LogP contribution in [0, 0.1) is 5.82 Å². The summed E-state index contributed by atoms with van der Waals surface area (Å²) in [4.78, 5) is 0.105. The lowest BCUT2D eigenvalue weighted by Crippen LogP contribution is -2.25. The lowest BCUT2D eigenvalue weighted by molar-refractivity contribution is 0.572. The highest BCUT2D eigenvalue weighted by molar-refractivity contribution is 7.98. The molecule has 0 atom stereocenters. The van der Waals surface area contributed by atoms with Gasteiger partial charge in [0.15, 0.2) is 5.16 Å². The van der Waals surface area contributed by atoms with Gasteiger partial charge in [-0.15, -0.1) is 10.2 Å². The summed E-state index contributed by atoms with van der Waals surface area (Å²) in [5.41, 5.74) is 0.384. The summed E-state index contributed by atoms with van der Waals surface area (Å²) in [6.07, 6.45) is 0. The van der Waals surface area contributed by atoms with E-state index in [0.717, 1.165) is 0 Å². The minimum atomic E-state index is -3.72. The van der Waals surface area contributed by atoms with Crippen LogP contribution in [-0.2, 0) is 28.9 Å². The summed E-state index contributed by atoms with van der Waals surface area (Å²) >= 11 is 13.1. The molecule has 1 heterocycles. The predicted octanol–water partition coefficient (Wildman–Crippen LogP) is 4.51. The van der Waals surface area contributed by atoms with E-state index in [4.69, 9.17) is 23.2 Å². The minimum absolute atomic E-state index is 0.0349. The van der Waals surface area contributed by atoms with Crippen LogP contribution in [0.3, 0.4) is 0 Å². The number of thioether (sulfide) groups is 1. The Kier molecular flexibility index (Phi) is 7.18. The molecule has 6 nitrogen and oxygen atoms in total. The molecule has 0 bridgehead atoms. The third kappa shape index (κ3) is 5.29. The molecule has 1 aromatic heterocycles. The van der Waals surface area contributed by atoms with Crippen LogP contribution in [0.4, 0.5) is 4.39 Å². The van der Waals surface area contributed by atoms with Crippen LogP contribution in [0.2, 0.25) is 10.0 Å². The van der Waals surface area contributed by atoms with Gasteiger partial charge in [0.2, 0.25) is 10.0 Å². The third-order valence-electron chi connectivity index (χ3n) is 4.06. The Balaban J connectivity index is 1.71. The van der Waals surface area contributed by atoms with Gasteiger partial charge < -0.3 is 4.57 Å². The summed E-state index contributed by atoms with van der Waals surface area (Å²) in [7, 11) is -3.72. The molecule has 1 N–H and O–H groups in total. The van der Waals surface area contributed by atoms with Crippen LogP contribution < -0.4 is 4.72 Å². The lowest BCUT2D eigenvalue weighted by atomic mass is 10.2. The van der Waals surface area contributed by atoms with Gasteiger partial charge in [-0.3, -0.25) is 0 Å². The average molecular weight is 475 g/mol. The topological polar surface area (TPSA) is 76.9 Å². The molecule has 11 heteroatoms. The summed E-state index contributed by atoms with van der Waals surface area (Å²) in [5.74, 6) is 0.343. The zero-order valence-corrected chi connectivity index (χ0v) is 18.4. The molecular weight excluding hydrogens is 458 g/mol. The van der Waals surface area contributed by atoms with E-state index in [1.165, 1.54) is 42.1 Å². The maximum atomic E-state index is 14.0. The number of nitrogens with zero attached hydrogens (tertiary/aromatic N) is 3. The number of aromatic nitrogens is 3. The number of sulfonamides is 1. The largest absolute Gasteiger partial charge is 0.305 e. The standard InChI is InChI=1S/C18H17Cl2FN4O2S2/c1-2-25-17(10-22-29(26,27)13-8-6-12(19)7-9-13)23-24-18(25)28-11-14-15(20)4-3-5-16(14)21/h3-9,22H,2,10-11H2,1H3. The molecule has 0 aliphatic carbocycles. The quantitative estimate of drug-likeness (QED) is 0.485. The maximum Gasteiger partial charge on any atom is 0.240 e. The second-order valence-electron chi connectivity index (χ2n) is 5.91. The van der Waals surface area contributed by atoms with E-state index in [1.807, 2.05) is 6.92 Å². The Hall–Kier alpha value is -1.65. The van der Waals surface area contributed by atoms with Crippen molar-refractivity contribution in [3.63, 3.8) is 0 Å². The van der Waals surface area contributed by atoms with Gasteiger partial charge in [-0.2, -0.15) is 0 Å². The number of halogens is 3. The highest BCUT2D eigenvalue weighted by Crippen LogP contribution is 2.28. The molecular formula is C18H17Cl2FN4O2S2. The van der Waals surface area contributed by atoms with E-state index in [-0.39, 0.29) is 23.0 Å². The van der Waals surface area contributed by atoms with Gasteiger partial charge in [-0.1, -0.05) is 41.0 Å². The summed E-state index contributed by atoms with van der Waals surface area (Å²) < 4.78 is 43.1. The van der Waals surface area contributed by atoms with Crippen molar-refractivity contribution in [1.82, 2.24) is 19.5 Å². The van der Waals surface area contributed by atoms with Crippen molar-refractivity contribution in [2.24, 2.45) is 0 Å². The van der Waals surface area contributed by atoms with Gasteiger partial charge in [0.1, 0.15) is 11.6 Å². The molecule has 0 aliphatic rings. The Morgan fingerprint density at radius 2 is 1.86 bits per heavy atom. The van der Waals surface area contributed by atoms with E-state index < -0.39 is 10.0 Å².